The number of hydrogen-bond acceptors (Lipinski definition) is 5. The van der Waals surface area contributed by atoms with Crippen molar-refractivity contribution in [3.63, 3.8) is 0 Å². The fourth-order valence-corrected chi connectivity index (χ4v) is 3.28. The van der Waals surface area contributed by atoms with E-state index in [9.17, 15) is 14.8 Å². The van der Waals surface area contributed by atoms with Gasteiger partial charge in [0.2, 0.25) is 0 Å². The maximum atomic E-state index is 12.7. The van der Waals surface area contributed by atoms with Crippen LogP contribution in [0.4, 0.5) is 0 Å². The number of aliphatic hydroxyl groups is 1. The number of hydrogen-bond donors (Lipinski definition) is 1. The third kappa shape index (κ3) is 6.96. The van der Waals surface area contributed by atoms with E-state index in [0.717, 1.165) is 6.08 Å². The van der Waals surface area contributed by atoms with E-state index in [2.05, 4.69) is 6.58 Å². The summed E-state index contributed by atoms with van der Waals surface area (Å²) in [7, 11) is 3.09. The molecule has 0 saturated carbocycles. The number of ether oxygens (including phenoxy) is 3. The quantitative estimate of drug-likeness (QED) is 0.204. The van der Waals surface area contributed by atoms with Crippen molar-refractivity contribution in [2.75, 3.05) is 47.5 Å². The lowest BCUT2D eigenvalue weighted by Crippen LogP contribution is -2.45. The van der Waals surface area contributed by atoms with Crippen molar-refractivity contribution in [1.29, 1.82) is 0 Å². The van der Waals surface area contributed by atoms with E-state index in [-0.39, 0.29) is 25.2 Å². The Hall–Kier alpha value is -0.820. The number of carbonyl (C=O) groups excluding carboxylic acids is 1. The molecule has 128 valence electrons. The fraction of sp³-hybridized carbons (Fsp3) is 0.714. The van der Waals surface area contributed by atoms with Crippen molar-refractivity contribution >= 4 is 19.2 Å². The summed E-state index contributed by atoms with van der Waals surface area (Å²) in [6.07, 6.45) is 0.991. The van der Waals surface area contributed by atoms with Crippen LogP contribution in [0.2, 0.25) is 0 Å². The molecular weight excluding hydrogens is 309 g/mol. The zero-order chi connectivity index (χ0) is 17.4. The van der Waals surface area contributed by atoms with Crippen LogP contribution >= 0.6 is 7.77 Å². The summed E-state index contributed by atoms with van der Waals surface area (Å²) in [5.74, 6) is -0.682. The van der Waals surface area contributed by atoms with Crippen molar-refractivity contribution in [1.82, 2.24) is 0 Å². The van der Waals surface area contributed by atoms with Gasteiger partial charge in [-0.1, -0.05) is 6.58 Å². The van der Waals surface area contributed by atoms with Crippen LogP contribution < -0.4 is 4.89 Å². The molecule has 0 amide bonds. The lowest BCUT2D eigenvalue weighted by atomic mass is 10.5. The molecule has 22 heavy (non-hydrogen) atoms. The number of esters is 1. The molecular formula is C14H27NO6P+. The zero-order valence-electron chi connectivity index (χ0n) is 14.0. The second-order valence-electron chi connectivity index (χ2n) is 5.55. The van der Waals surface area contributed by atoms with Gasteiger partial charge < -0.3 is 28.7 Å². The van der Waals surface area contributed by atoms with Gasteiger partial charge in [-0.15, -0.1) is 0 Å². The average Bonchev–Trinajstić information content (AvgIpc) is 2.42. The summed E-state index contributed by atoms with van der Waals surface area (Å²) in [6, 6.07) is 0. The summed E-state index contributed by atoms with van der Waals surface area (Å²) in [6.45, 7) is 6.83. The molecule has 1 N–H and O–H groups in total. The molecule has 0 saturated heterocycles. The van der Waals surface area contributed by atoms with E-state index in [1.807, 2.05) is 21.1 Å². The minimum atomic E-state index is -2.45. The molecule has 8 heteroatoms. The Morgan fingerprint density at radius 3 is 2.18 bits per heavy atom. The smallest absolute Gasteiger partial charge is 0.368 e. The van der Waals surface area contributed by atoms with E-state index >= 15 is 0 Å². The van der Waals surface area contributed by atoms with Crippen molar-refractivity contribution in [2.45, 2.75) is 19.4 Å². The second-order valence-corrected chi connectivity index (χ2v) is 7.34. The number of aliphatic hydroxyl groups excluding tert-OH is 1. The van der Waals surface area contributed by atoms with Crippen LogP contribution in [0.3, 0.4) is 0 Å². The monoisotopic (exact) mass is 336 g/mol. The summed E-state index contributed by atoms with van der Waals surface area (Å²) in [4.78, 5) is 24.0. The van der Waals surface area contributed by atoms with Crippen molar-refractivity contribution in [3.05, 3.63) is 12.7 Å². The van der Waals surface area contributed by atoms with E-state index in [0.29, 0.717) is 4.48 Å². The lowest BCUT2D eigenvalue weighted by molar-refractivity contribution is -0.861. The van der Waals surface area contributed by atoms with E-state index in [1.165, 1.54) is 0 Å². The van der Waals surface area contributed by atoms with Crippen LogP contribution in [0.1, 0.15) is 13.8 Å². The number of rotatable bonds is 10. The molecule has 0 aliphatic heterocycles. The van der Waals surface area contributed by atoms with Crippen LogP contribution in [0, 0.1) is 0 Å². The highest BCUT2D eigenvalue weighted by atomic mass is 31.1. The van der Waals surface area contributed by atoms with E-state index < -0.39 is 25.9 Å². The molecule has 0 rings (SSSR count). The Morgan fingerprint density at radius 2 is 1.82 bits per heavy atom. The highest BCUT2D eigenvalue weighted by Crippen LogP contribution is 2.37. The molecule has 0 fully saturated rings. The van der Waals surface area contributed by atoms with Gasteiger partial charge >= 0.3 is 11.5 Å². The molecule has 0 radical (unpaired) electrons. The molecule has 0 bridgehead atoms. The van der Waals surface area contributed by atoms with Gasteiger partial charge in [0, 0.05) is 6.08 Å². The van der Waals surface area contributed by atoms with Crippen LogP contribution in [0.25, 0.3) is 0 Å². The Balaban J connectivity index is 5.54. The van der Waals surface area contributed by atoms with Gasteiger partial charge in [0.15, 0.2) is 20.9 Å². The minimum absolute atomic E-state index is 0.159. The predicted octanol–water partition coefficient (Wildman–Crippen LogP) is 0.408. The van der Waals surface area contributed by atoms with Crippen molar-refractivity contribution in [2.24, 2.45) is 0 Å². The average molecular weight is 336 g/mol. The number of quaternary nitrogens is 1. The van der Waals surface area contributed by atoms with Gasteiger partial charge in [-0.2, -0.15) is 0 Å². The Bertz CT molecular complexity index is 410. The Kier molecular flexibility index (Phi) is 9.00. The molecule has 0 heterocycles. The molecule has 0 aliphatic carbocycles. The normalized spacial score (nSPS) is 13.6. The fourth-order valence-electron chi connectivity index (χ4n) is 1.66. The number of likely N-dealkylation sites (N-methyl/N-ethyl adjacent to an activating group) is 1. The summed E-state index contributed by atoms with van der Waals surface area (Å²) < 4.78 is 16.2. The standard InChI is InChI=1S/C14H26NO6P/c1-7-12(16)19-11-14(20-8-2,21-9-3)22(18)13(17)10-15(4,5)6/h7H,1,8-11H2,2-6H3/p+1. The van der Waals surface area contributed by atoms with Gasteiger partial charge in [0.25, 0.3) is 5.48 Å². The molecule has 0 aliphatic rings. The summed E-state index contributed by atoms with van der Waals surface area (Å²) in [5, 5.41) is 10.2. The van der Waals surface area contributed by atoms with E-state index in [4.69, 9.17) is 14.2 Å². The highest BCUT2D eigenvalue weighted by Gasteiger charge is 2.46. The first kappa shape index (κ1) is 21.2. The van der Waals surface area contributed by atoms with Crippen molar-refractivity contribution in [3.8, 4) is 0 Å². The molecule has 1 unspecified atom stereocenters. The zero-order valence-corrected chi connectivity index (χ0v) is 14.9. The largest absolute Gasteiger partial charge is 0.624 e. The van der Waals surface area contributed by atoms with Crippen LogP contribution in [0.15, 0.2) is 12.7 Å². The van der Waals surface area contributed by atoms with Crippen LogP contribution in [0.5, 0.6) is 0 Å². The molecule has 7 nitrogen and oxygen atoms in total. The molecule has 0 spiro atoms. The van der Waals surface area contributed by atoms with Gasteiger partial charge in [-0.3, -0.25) is 0 Å². The number of carbonyl (C=O) groups is 1. The molecule has 0 aromatic carbocycles. The van der Waals surface area contributed by atoms with Crippen molar-refractivity contribution < 1.29 is 33.5 Å². The maximum absolute atomic E-state index is 12.7. The first-order valence-corrected chi connectivity index (χ1v) is 8.27. The lowest BCUT2D eigenvalue weighted by Gasteiger charge is -2.29. The second kappa shape index (κ2) is 9.35. The Morgan fingerprint density at radius 1 is 1.32 bits per heavy atom. The molecule has 0 aromatic heterocycles. The SMILES string of the molecule is C=CC(=O)OCC(OCC)(OCC)/[P+]([O-])=C(\O)C[N+](C)(C)C. The third-order valence-electron chi connectivity index (χ3n) is 2.46. The third-order valence-corrected chi connectivity index (χ3v) is 4.08. The number of nitrogens with zero attached hydrogens (tertiary/aromatic N) is 1. The van der Waals surface area contributed by atoms with Crippen LogP contribution in [-0.4, -0.2) is 74.1 Å². The first-order chi connectivity index (χ1) is 10.1. The highest BCUT2D eigenvalue weighted by molar-refractivity contribution is 7.52. The first-order valence-electron chi connectivity index (χ1n) is 7.01. The molecule has 0 aromatic rings. The van der Waals surface area contributed by atoms with Gasteiger partial charge in [-0.25, -0.2) is 4.79 Å². The Labute approximate surface area is 133 Å². The van der Waals surface area contributed by atoms with Gasteiger partial charge in [0.1, 0.15) is 0 Å². The summed E-state index contributed by atoms with van der Waals surface area (Å²) in [5.41, 5.74) is -1.95. The van der Waals surface area contributed by atoms with E-state index in [1.54, 1.807) is 13.8 Å². The summed E-state index contributed by atoms with van der Waals surface area (Å²) >= 11 is 0. The maximum Gasteiger partial charge on any atom is 0.368 e. The van der Waals surface area contributed by atoms with Gasteiger partial charge in [0.05, 0.1) is 34.4 Å². The minimum Gasteiger partial charge on any atom is -0.624 e. The predicted molar refractivity (Wildman–Crippen MR) is 83.9 cm³/mol. The topological polar surface area (TPSA) is 88.1 Å². The van der Waals surface area contributed by atoms with Crippen LogP contribution in [-0.2, 0) is 19.0 Å². The molecule has 1 atom stereocenters. The van der Waals surface area contributed by atoms with Gasteiger partial charge in [-0.05, 0) is 13.8 Å².